The van der Waals surface area contributed by atoms with Gasteiger partial charge in [-0.1, -0.05) is 71.2 Å². The number of nitrogens with one attached hydrogen (secondary N) is 1. The van der Waals surface area contributed by atoms with Crippen molar-refractivity contribution in [3.63, 3.8) is 0 Å². The van der Waals surface area contributed by atoms with Gasteiger partial charge in [0.15, 0.2) is 0 Å². The Balaban J connectivity index is 1.45. The lowest BCUT2D eigenvalue weighted by molar-refractivity contribution is 0.0952. The van der Waals surface area contributed by atoms with Gasteiger partial charge >= 0.3 is 0 Å². The van der Waals surface area contributed by atoms with Crippen LogP contribution in [0.2, 0.25) is 15.1 Å². The maximum absolute atomic E-state index is 12.5. The molecule has 0 aliphatic rings. The molecule has 0 unspecified atom stereocenters. The third-order valence-electron chi connectivity index (χ3n) is 4.91. The van der Waals surface area contributed by atoms with Gasteiger partial charge in [-0.05, 0) is 35.9 Å². The first-order valence-corrected chi connectivity index (χ1v) is 11.8. The Morgan fingerprint density at radius 3 is 2.52 bits per heavy atom. The normalized spacial score (nSPS) is 11.1. The number of hydrogen-bond acceptors (Lipinski definition) is 2. The topological polar surface area (TPSA) is 34.0 Å². The number of benzene rings is 3. The molecule has 1 aromatic heterocycles. The van der Waals surface area contributed by atoms with Crippen LogP contribution in [0, 0.1) is 0 Å². The van der Waals surface area contributed by atoms with Crippen molar-refractivity contribution in [3.05, 3.63) is 99.1 Å². The van der Waals surface area contributed by atoms with E-state index in [-0.39, 0.29) is 5.91 Å². The lowest BCUT2D eigenvalue weighted by Gasteiger charge is -2.09. The van der Waals surface area contributed by atoms with Gasteiger partial charge in [0.25, 0.3) is 5.91 Å². The summed E-state index contributed by atoms with van der Waals surface area (Å²) in [5.41, 5.74) is 2.65. The molecule has 0 spiro atoms. The number of thioether (sulfide) groups is 1. The zero-order chi connectivity index (χ0) is 21.8. The zero-order valence-corrected chi connectivity index (χ0v) is 19.5. The van der Waals surface area contributed by atoms with Crippen LogP contribution in [0.15, 0.2) is 77.8 Å². The van der Waals surface area contributed by atoms with Gasteiger partial charge in [-0.2, -0.15) is 0 Å². The predicted octanol–water partition coefficient (Wildman–Crippen LogP) is 7.32. The molecule has 7 heteroatoms. The number of para-hydroxylation sites is 1. The first-order valence-electron chi connectivity index (χ1n) is 9.70. The Bertz CT molecular complexity index is 1240. The Kier molecular flexibility index (Phi) is 7.13. The molecule has 0 aliphatic carbocycles. The van der Waals surface area contributed by atoms with Crippen molar-refractivity contribution >= 4 is 63.4 Å². The number of fused-ring (bicyclic) bond motifs is 1. The van der Waals surface area contributed by atoms with E-state index in [4.69, 9.17) is 34.8 Å². The minimum Gasteiger partial charge on any atom is -0.350 e. The van der Waals surface area contributed by atoms with Crippen molar-refractivity contribution in [2.45, 2.75) is 17.2 Å². The van der Waals surface area contributed by atoms with E-state index < -0.39 is 0 Å². The first-order chi connectivity index (χ1) is 15.0. The predicted molar refractivity (Wildman–Crippen MR) is 132 cm³/mol. The molecule has 3 aromatic carbocycles. The van der Waals surface area contributed by atoms with Crippen LogP contribution in [0.5, 0.6) is 0 Å². The number of hydrogen-bond donors (Lipinski definition) is 1. The molecule has 0 fully saturated rings. The summed E-state index contributed by atoms with van der Waals surface area (Å²) in [5.74, 6) is 0.575. The number of carbonyl (C=O) groups is 1. The average molecular weight is 490 g/mol. The van der Waals surface area contributed by atoms with Gasteiger partial charge in [0.2, 0.25) is 0 Å². The van der Waals surface area contributed by atoms with Gasteiger partial charge in [0, 0.05) is 50.9 Å². The number of aromatic nitrogens is 1. The fraction of sp³-hybridized carbons (Fsp3) is 0.125. The molecular formula is C24H19Cl3N2OS. The summed E-state index contributed by atoms with van der Waals surface area (Å²) in [7, 11) is 0. The maximum atomic E-state index is 12.5. The van der Waals surface area contributed by atoms with E-state index in [9.17, 15) is 4.79 Å². The fourth-order valence-corrected chi connectivity index (χ4v) is 5.21. The highest BCUT2D eigenvalue weighted by Gasteiger charge is 2.12. The minimum absolute atomic E-state index is 0.216. The molecule has 31 heavy (non-hydrogen) atoms. The van der Waals surface area contributed by atoms with Crippen LogP contribution in [0.3, 0.4) is 0 Å². The molecule has 3 nitrogen and oxygen atoms in total. The van der Waals surface area contributed by atoms with Gasteiger partial charge in [0.1, 0.15) is 0 Å². The monoisotopic (exact) mass is 488 g/mol. The maximum Gasteiger partial charge on any atom is 0.252 e. The molecule has 0 saturated heterocycles. The molecule has 158 valence electrons. The fourth-order valence-electron chi connectivity index (χ4n) is 3.34. The molecular weight excluding hydrogens is 471 g/mol. The number of halogens is 3. The summed E-state index contributed by atoms with van der Waals surface area (Å²) in [6.07, 6.45) is 2.13. The molecule has 1 heterocycles. The van der Waals surface area contributed by atoms with Crippen molar-refractivity contribution in [2.75, 3.05) is 6.54 Å². The van der Waals surface area contributed by atoms with Gasteiger partial charge in [-0.3, -0.25) is 4.79 Å². The Labute approximate surface area is 200 Å². The van der Waals surface area contributed by atoms with Gasteiger partial charge in [0.05, 0.1) is 10.6 Å². The van der Waals surface area contributed by atoms with Crippen molar-refractivity contribution in [1.29, 1.82) is 0 Å². The van der Waals surface area contributed by atoms with Gasteiger partial charge in [-0.15, -0.1) is 11.8 Å². The van der Waals surface area contributed by atoms with E-state index in [0.717, 1.165) is 21.9 Å². The van der Waals surface area contributed by atoms with Gasteiger partial charge < -0.3 is 9.88 Å². The molecule has 0 aliphatic heterocycles. The van der Waals surface area contributed by atoms with E-state index in [1.807, 2.05) is 36.4 Å². The van der Waals surface area contributed by atoms with Crippen LogP contribution in [-0.4, -0.2) is 17.0 Å². The van der Waals surface area contributed by atoms with Crippen LogP contribution >= 0.6 is 46.6 Å². The highest BCUT2D eigenvalue weighted by Crippen LogP contribution is 2.33. The number of carbonyl (C=O) groups excluding carboxylic acids is 1. The van der Waals surface area contributed by atoms with Crippen molar-refractivity contribution in [3.8, 4) is 0 Å². The SMILES string of the molecule is O=C(NCCn1cc(SCc2ccccc2Cl)c2ccccc21)c1ccc(Cl)cc1Cl. The number of nitrogens with zero attached hydrogens (tertiary/aromatic N) is 1. The third-order valence-corrected chi connectivity index (χ3v) is 6.92. The summed E-state index contributed by atoms with van der Waals surface area (Å²) >= 11 is 20.1. The molecule has 0 radical (unpaired) electrons. The van der Waals surface area contributed by atoms with E-state index in [0.29, 0.717) is 28.7 Å². The standard InChI is InChI=1S/C24H19Cl3N2OS/c25-17-9-10-18(21(27)13-17)24(30)28-11-12-29-14-23(19-6-2-4-8-22(19)29)31-15-16-5-1-3-7-20(16)26/h1-10,13-14H,11-12,15H2,(H,28,30). The van der Waals surface area contributed by atoms with Crippen molar-refractivity contribution < 1.29 is 4.79 Å². The summed E-state index contributed by atoms with van der Waals surface area (Å²) < 4.78 is 2.16. The minimum atomic E-state index is -0.216. The summed E-state index contributed by atoms with van der Waals surface area (Å²) in [6.45, 7) is 1.12. The van der Waals surface area contributed by atoms with E-state index in [1.165, 1.54) is 10.3 Å². The zero-order valence-electron chi connectivity index (χ0n) is 16.4. The molecule has 4 aromatic rings. The highest BCUT2D eigenvalue weighted by molar-refractivity contribution is 7.98. The summed E-state index contributed by atoms with van der Waals surface area (Å²) in [6, 6.07) is 21.0. The molecule has 4 rings (SSSR count). The third kappa shape index (κ3) is 5.21. The Morgan fingerprint density at radius 2 is 1.71 bits per heavy atom. The molecule has 0 atom stereocenters. The number of amides is 1. The van der Waals surface area contributed by atoms with E-state index >= 15 is 0 Å². The second-order valence-electron chi connectivity index (χ2n) is 6.96. The smallest absolute Gasteiger partial charge is 0.252 e. The van der Waals surface area contributed by atoms with Crippen molar-refractivity contribution in [1.82, 2.24) is 9.88 Å². The second-order valence-corrected chi connectivity index (χ2v) is 9.23. The van der Waals surface area contributed by atoms with Crippen LogP contribution < -0.4 is 5.32 Å². The van der Waals surface area contributed by atoms with Gasteiger partial charge in [-0.25, -0.2) is 0 Å². The molecule has 0 bridgehead atoms. The molecule has 1 amide bonds. The highest BCUT2D eigenvalue weighted by atomic mass is 35.5. The van der Waals surface area contributed by atoms with E-state index in [2.05, 4.69) is 28.2 Å². The van der Waals surface area contributed by atoms with Crippen molar-refractivity contribution in [2.24, 2.45) is 0 Å². The second kappa shape index (κ2) is 10.0. The summed E-state index contributed by atoms with van der Waals surface area (Å²) in [4.78, 5) is 13.6. The quantitative estimate of drug-likeness (QED) is 0.276. The lowest BCUT2D eigenvalue weighted by atomic mass is 10.2. The Hall–Kier alpha value is -2.11. The summed E-state index contributed by atoms with van der Waals surface area (Å²) in [5, 5.41) is 5.75. The lowest BCUT2D eigenvalue weighted by Crippen LogP contribution is -2.27. The van der Waals surface area contributed by atoms with E-state index in [1.54, 1.807) is 30.0 Å². The average Bonchev–Trinajstić information content (AvgIpc) is 3.11. The number of rotatable bonds is 7. The largest absolute Gasteiger partial charge is 0.350 e. The van der Waals surface area contributed by atoms with Crippen LogP contribution in [0.25, 0.3) is 10.9 Å². The van der Waals surface area contributed by atoms with Crippen LogP contribution in [0.1, 0.15) is 15.9 Å². The molecule has 1 N–H and O–H groups in total. The van der Waals surface area contributed by atoms with Crippen LogP contribution in [0.4, 0.5) is 0 Å². The van der Waals surface area contributed by atoms with Crippen LogP contribution in [-0.2, 0) is 12.3 Å². The Morgan fingerprint density at radius 1 is 0.935 bits per heavy atom. The molecule has 0 saturated carbocycles. The first kappa shape index (κ1) is 22.1.